The summed E-state index contributed by atoms with van der Waals surface area (Å²) in [7, 11) is 0. The van der Waals surface area contributed by atoms with Gasteiger partial charge in [-0.05, 0) is 42.3 Å². The molecule has 2 N–H and O–H groups in total. The molecule has 2 aromatic carbocycles. The SMILES string of the molecule is CCN(Cc1ccccc1)[C@@H]1COc2ccc(C(N)=O)cc2C1. The van der Waals surface area contributed by atoms with Crippen molar-refractivity contribution in [2.75, 3.05) is 13.2 Å². The second-order valence-corrected chi connectivity index (χ2v) is 5.90. The fourth-order valence-corrected chi connectivity index (χ4v) is 3.08. The van der Waals surface area contributed by atoms with Gasteiger partial charge in [0.25, 0.3) is 0 Å². The molecule has 3 rings (SSSR count). The van der Waals surface area contributed by atoms with E-state index in [0.717, 1.165) is 30.8 Å². The first-order valence-corrected chi connectivity index (χ1v) is 8.01. The molecule has 2 aromatic rings. The highest BCUT2D eigenvalue weighted by molar-refractivity contribution is 5.93. The highest BCUT2D eigenvalue weighted by Gasteiger charge is 2.25. The van der Waals surface area contributed by atoms with Crippen LogP contribution in [0.3, 0.4) is 0 Å². The van der Waals surface area contributed by atoms with Crippen LogP contribution in [0.2, 0.25) is 0 Å². The third-order valence-electron chi connectivity index (χ3n) is 4.38. The van der Waals surface area contributed by atoms with Crippen molar-refractivity contribution in [3.05, 3.63) is 65.2 Å². The van der Waals surface area contributed by atoms with Gasteiger partial charge in [-0.15, -0.1) is 0 Å². The molecule has 1 heterocycles. The molecule has 0 aliphatic carbocycles. The molecule has 120 valence electrons. The Hall–Kier alpha value is -2.33. The van der Waals surface area contributed by atoms with Gasteiger partial charge in [-0.25, -0.2) is 0 Å². The summed E-state index contributed by atoms with van der Waals surface area (Å²) in [4.78, 5) is 13.8. The summed E-state index contributed by atoms with van der Waals surface area (Å²) in [6, 6.07) is 16.2. The molecule has 1 aliphatic heterocycles. The quantitative estimate of drug-likeness (QED) is 0.923. The van der Waals surface area contributed by atoms with Crippen LogP contribution in [0.5, 0.6) is 5.75 Å². The highest BCUT2D eigenvalue weighted by Crippen LogP contribution is 2.28. The molecule has 1 aliphatic rings. The summed E-state index contributed by atoms with van der Waals surface area (Å²) in [6.45, 7) is 4.69. The minimum atomic E-state index is -0.397. The number of amides is 1. The number of carbonyl (C=O) groups is 1. The van der Waals surface area contributed by atoms with Gasteiger partial charge >= 0.3 is 0 Å². The van der Waals surface area contributed by atoms with Crippen molar-refractivity contribution >= 4 is 5.91 Å². The fraction of sp³-hybridized carbons (Fsp3) is 0.316. The van der Waals surface area contributed by atoms with Gasteiger partial charge in [-0.1, -0.05) is 37.3 Å². The second-order valence-electron chi connectivity index (χ2n) is 5.90. The zero-order valence-electron chi connectivity index (χ0n) is 13.4. The molecule has 0 unspecified atom stereocenters. The number of benzene rings is 2. The van der Waals surface area contributed by atoms with Crippen molar-refractivity contribution in [3.8, 4) is 5.75 Å². The Balaban J connectivity index is 1.76. The Labute approximate surface area is 136 Å². The molecule has 0 saturated carbocycles. The van der Waals surface area contributed by atoms with Crippen molar-refractivity contribution in [2.45, 2.75) is 25.9 Å². The smallest absolute Gasteiger partial charge is 0.248 e. The minimum Gasteiger partial charge on any atom is -0.492 e. The number of rotatable bonds is 5. The van der Waals surface area contributed by atoms with E-state index in [-0.39, 0.29) is 0 Å². The van der Waals surface area contributed by atoms with Crippen LogP contribution in [0.4, 0.5) is 0 Å². The fourth-order valence-electron chi connectivity index (χ4n) is 3.08. The van der Waals surface area contributed by atoms with Gasteiger partial charge in [0.1, 0.15) is 12.4 Å². The lowest BCUT2D eigenvalue weighted by molar-refractivity contribution is 0.0999. The lowest BCUT2D eigenvalue weighted by atomic mass is 9.98. The standard InChI is InChI=1S/C19H22N2O2/c1-2-21(12-14-6-4-3-5-7-14)17-11-16-10-15(19(20)22)8-9-18(16)23-13-17/h3-10,17H,2,11-13H2,1H3,(H2,20,22)/t17-/m0/s1. The molecule has 1 amide bonds. The molecular weight excluding hydrogens is 288 g/mol. The summed E-state index contributed by atoms with van der Waals surface area (Å²) < 4.78 is 5.90. The third-order valence-corrected chi connectivity index (χ3v) is 4.38. The van der Waals surface area contributed by atoms with E-state index in [1.807, 2.05) is 18.2 Å². The average molecular weight is 310 g/mol. The average Bonchev–Trinajstić information content (AvgIpc) is 2.59. The number of hydrogen-bond donors (Lipinski definition) is 1. The predicted molar refractivity (Wildman–Crippen MR) is 90.5 cm³/mol. The number of ether oxygens (including phenoxy) is 1. The van der Waals surface area contributed by atoms with Gasteiger partial charge in [0.05, 0.1) is 0 Å². The number of fused-ring (bicyclic) bond motifs is 1. The van der Waals surface area contributed by atoms with Gasteiger partial charge in [0.2, 0.25) is 5.91 Å². The van der Waals surface area contributed by atoms with Crippen molar-refractivity contribution < 1.29 is 9.53 Å². The van der Waals surface area contributed by atoms with Gasteiger partial charge < -0.3 is 10.5 Å². The van der Waals surface area contributed by atoms with Crippen molar-refractivity contribution in [3.63, 3.8) is 0 Å². The van der Waals surface area contributed by atoms with Crippen LogP contribution in [-0.4, -0.2) is 30.0 Å². The van der Waals surface area contributed by atoms with Crippen molar-refractivity contribution in [1.29, 1.82) is 0 Å². The van der Waals surface area contributed by atoms with Crippen LogP contribution in [0.1, 0.15) is 28.4 Å². The van der Waals surface area contributed by atoms with E-state index in [4.69, 9.17) is 10.5 Å². The lowest BCUT2D eigenvalue weighted by Crippen LogP contribution is -2.42. The van der Waals surface area contributed by atoms with E-state index in [2.05, 4.69) is 36.1 Å². The van der Waals surface area contributed by atoms with Crippen LogP contribution >= 0.6 is 0 Å². The van der Waals surface area contributed by atoms with Crippen molar-refractivity contribution in [2.24, 2.45) is 5.73 Å². The van der Waals surface area contributed by atoms with E-state index in [9.17, 15) is 4.79 Å². The van der Waals surface area contributed by atoms with Gasteiger partial charge in [-0.3, -0.25) is 9.69 Å². The van der Waals surface area contributed by atoms with E-state index in [1.165, 1.54) is 5.56 Å². The molecule has 4 heteroatoms. The molecule has 0 fully saturated rings. The number of nitrogens with two attached hydrogens (primary N) is 1. The van der Waals surface area contributed by atoms with Gasteiger partial charge in [0, 0.05) is 18.2 Å². The molecule has 1 atom stereocenters. The van der Waals surface area contributed by atoms with E-state index in [1.54, 1.807) is 6.07 Å². The number of nitrogens with zero attached hydrogens (tertiary/aromatic N) is 1. The first-order chi connectivity index (χ1) is 11.2. The van der Waals surface area contributed by atoms with Gasteiger partial charge in [0.15, 0.2) is 0 Å². The van der Waals surface area contributed by atoms with E-state index in [0.29, 0.717) is 18.2 Å². The summed E-state index contributed by atoms with van der Waals surface area (Å²) in [5.41, 5.74) is 8.28. The normalized spacial score (nSPS) is 16.7. The Bertz CT molecular complexity index is 685. The van der Waals surface area contributed by atoms with Crippen LogP contribution < -0.4 is 10.5 Å². The zero-order valence-corrected chi connectivity index (χ0v) is 13.4. The molecule has 0 bridgehead atoms. The second kappa shape index (κ2) is 6.84. The lowest BCUT2D eigenvalue weighted by Gasteiger charge is -2.34. The minimum absolute atomic E-state index is 0.302. The maximum absolute atomic E-state index is 11.4. The first kappa shape index (κ1) is 15.6. The molecule has 4 nitrogen and oxygen atoms in total. The zero-order chi connectivity index (χ0) is 16.2. The number of primary amides is 1. The molecule has 0 saturated heterocycles. The summed E-state index contributed by atoms with van der Waals surface area (Å²) in [5.74, 6) is 0.466. The largest absolute Gasteiger partial charge is 0.492 e. The third kappa shape index (κ3) is 3.54. The molecule has 23 heavy (non-hydrogen) atoms. The van der Waals surface area contributed by atoms with Crippen LogP contribution in [0.25, 0.3) is 0 Å². The monoisotopic (exact) mass is 310 g/mol. The Morgan fingerprint density at radius 1 is 1.26 bits per heavy atom. The Morgan fingerprint density at radius 2 is 2.04 bits per heavy atom. The predicted octanol–water partition coefficient (Wildman–Crippen LogP) is 2.61. The molecule has 0 spiro atoms. The number of carbonyl (C=O) groups excluding carboxylic acids is 1. The Kier molecular flexibility index (Phi) is 4.63. The summed E-state index contributed by atoms with van der Waals surface area (Å²) in [6.07, 6.45) is 0.872. The van der Waals surface area contributed by atoms with E-state index < -0.39 is 5.91 Å². The number of likely N-dealkylation sites (N-methyl/N-ethyl adjacent to an activating group) is 1. The van der Waals surface area contributed by atoms with Gasteiger partial charge in [-0.2, -0.15) is 0 Å². The Morgan fingerprint density at radius 3 is 2.74 bits per heavy atom. The molecular formula is C19H22N2O2. The first-order valence-electron chi connectivity index (χ1n) is 8.01. The maximum atomic E-state index is 11.4. The number of hydrogen-bond acceptors (Lipinski definition) is 3. The van der Waals surface area contributed by atoms with E-state index >= 15 is 0 Å². The molecule has 0 aromatic heterocycles. The van der Waals surface area contributed by atoms with Crippen LogP contribution in [0, 0.1) is 0 Å². The summed E-state index contributed by atoms with van der Waals surface area (Å²) >= 11 is 0. The van der Waals surface area contributed by atoms with Crippen molar-refractivity contribution in [1.82, 2.24) is 4.90 Å². The highest BCUT2D eigenvalue weighted by atomic mass is 16.5. The summed E-state index contributed by atoms with van der Waals surface area (Å²) in [5, 5.41) is 0. The molecule has 0 radical (unpaired) electrons. The topological polar surface area (TPSA) is 55.6 Å². The van der Waals surface area contributed by atoms with Crippen LogP contribution in [0.15, 0.2) is 48.5 Å². The van der Waals surface area contributed by atoms with Crippen LogP contribution in [-0.2, 0) is 13.0 Å². The maximum Gasteiger partial charge on any atom is 0.248 e.